The molecule has 2 N–H and O–H groups in total. The van der Waals surface area contributed by atoms with E-state index in [0.717, 1.165) is 32.2 Å². The minimum absolute atomic E-state index is 0.0838. The molecule has 0 aliphatic heterocycles. The Morgan fingerprint density at radius 2 is 2.23 bits per heavy atom. The molecule has 0 radical (unpaired) electrons. The Hall–Kier alpha value is -0.830. The standard InChI is InChI=1S/C10H20N2O/c1-3-5-7-9-11-12-10(13)8-6-4-2/h3,11H,1,4-9H2,2H3,(H,12,13). The van der Waals surface area contributed by atoms with Crippen molar-refractivity contribution in [1.82, 2.24) is 10.9 Å². The third-order valence-corrected chi connectivity index (χ3v) is 1.70. The summed E-state index contributed by atoms with van der Waals surface area (Å²) in [6, 6.07) is 0. The van der Waals surface area contributed by atoms with Crippen molar-refractivity contribution in [2.45, 2.75) is 39.0 Å². The Morgan fingerprint density at radius 3 is 2.85 bits per heavy atom. The van der Waals surface area contributed by atoms with E-state index in [4.69, 9.17) is 0 Å². The zero-order valence-corrected chi connectivity index (χ0v) is 8.44. The van der Waals surface area contributed by atoms with Crippen molar-refractivity contribution >= 4 is 5.91 Å². The lowest BCUT2D eigenvalue weighted by Crippen LogP contribution is -2.37. The van der Waals surface area contributed by atoms with Crippen LogP contribution in [0, 0.1) is 0 Å². The summed E-state index contributed by atoms with van der Waals surface area (Å²) in [5, 5.41) is 0. The van der Waals surface area contributed by atoms with Crippen LogP contribution in [0.25, 0.3) is 0 Å². The van der Waals surface area contributed by atoms with E-state index >= 15 is 0 Å². The van der Waals surface area contributed by atoms with Crippen molar-refractivity contribution in [3.8, 4) is 0 Å². The SMILES string of the molecule is C=CCCCNNC(=O)CCCC. The van der Waals surface area contributed by atoms with Crippen molar-refractivity contribution in [2.24, 2.45) is 0 Å². The number of carbonyl (C=O) groups is 1. The van der Waals surface area contributed by atoms with Gasteiger partial charge in [-0.25, -0.2) is 5.43 Å². The second-order valence-electron chi connectivity index (χ2n) is 3.01. The number of rotatable bonds is 8. The number of carbonyl (C=O) groups excluding carboxylic acids is 1. The molecule has 13 heavy (non-hydrogen) atoms. The second kappa shape index (κ2) is 9.26. The van der Waals surface area contributed by atoms with Crippen LogP contribution in [0.3, 0.4) is 0 Å². The predicted molar refractivity (Wildman–Crippen MR) is 55.1 cm³/mol. The third kappa shape index (κ3) is 9.08. The average molecular weight is 184 g/mol. The van der Waals surface area contributed by atoms with Crippen molar-refractivity contribution in [3.63, 3.8) is 0 Å². The topological polar surface area (TPSA) is 41.1 Å². The second-order valence-corrected chi connectivity index (χ2v) is 3.01. The molecule has 0 saturated carbocycles. The molecule has 3 nitrogen and oxygen atoms in total. The van der Waals surface area contributed by atoms with Gasteiger partial charge in [0.1, 0.15) is 0 Å². The number of hydrogen-bond donors (Lipinski definition) is 2. The minimum Gasteiger partial charge on any atom is -0.292 e. The molecule has 76 valence electrons. The Bertz CT molecular complexity index is 146. The summed E-state index contributed by atoms with van der Waals surface area (Å²) >= 11 is 0. The zero-order chi connectivity index (χ0) is 9.94. The van der Waals surface area contributed by atoms with Gasteiger partial charge >= 0.3 is 0 Å². The largest absolute Gasteiger partial charge is 0.292 e. The molecule has 0 aliphatic carbocycles. The maximum atomic E-state index is 11.0. The van der Waals surface area contributed by atoms with Gasteiger partial charge in [0.15, 0.2) is 0 Å². The van der Waals surface area contributed by atoms with Gasteiger partial charge in [-0.05, 0) is 19.3 Å². The lowest BCUT2D eigenvalue weighted by molar-refractivity contribution is -0.122. The molecule has 0 rings (SSSR count). The van der Waals surface area contributed by atoms with Crippen LogP contribution in [0.4, 0.5) is 0 Å². The number of hydrogen-bond acceptors (Lipinski definition) is 2. The van der Waals surface area contributed by atoms with E-state index < -0.39 is 0 Å². The fourth-order valence-electron chi connectivity index (χ4n) is 0.896. The van der Waals surface area contributed by atoms with E-state index in [1.54, 1.807) is 0 Å². The van der Waals surface area contributed by atoms with E-state index in [1.165, 1.54) is 0 Å². The van der Waals surface area contributed by atoms with Crippen LogP contribution in [-0.4, -0.2) is 12.5 Å². The van der Waals surface area contributed by atoms with E-state index in [0.29, 0.717) is 6.42 Å². The lowest BCUT2D eigenvalue weighted by Gasteiger charge is -2.05. The van der Waals surface area contributed by atoms with E-state index in [1.807, 2.05) is 6.08 Å². The van der Waals surface area contributed by atoms with E-state index in [9.17, 15) is 4.79 Å². The Balaban J connectivity index is 3.12. The number of unbranched alkanes of at least 4 members (excludes halogenated alkanes) is 2. The molecule has 0 saturated heterocycles. The van der Waals surface area contributed by atoms with E-state index in [2.05, 4.69) is 24.4 Å². The first-order valence-electron chi connectivity index (χ1n) is 4.93. The molecule has 1 amide bonds. The molecule has 0 aliphatic rings. The lowest BCUT2D eigenvalue weighted by atomic mass is 10.2. The van der Waals surface area contributed by atoms with E-state index in [-0.39, 0.29) is 5.91 Å². The van der Waals surface area contributed by atoms with Crippen LogP contribution in [0.5, 0.6) is 0 Å². The molecular weight excluding hydrogens is 164 g/mol. The third-order valence-electron chi connectivity index (χ3n) is 1.70. The van der Waals surface area contributed by atoms with Crippen LogP contribution in [-0.2, 0) is 4.79 Å². The highest BCUT2D eigenvalue weighted by molar-refractivity contribution is 5.75. The van der Waals surface area contributed by atoms with Gasteiger partial charge < -0.3 is 0 Å². The quantitative estimate of drug-likeness (QED) is 0.343. The highest BCUT2D eigenvalue weighted by Crippen LogP contribution is 1.92. The predicted octanol–water partition coefficient (Wildman–Crippen LogP) is 1.76. The van der Waals surface area contributed by atoms with Gasteiger partial charge in [-0.2, -0.15) is 0 Å². The monoisotopic (exact) mass is 184 g/mol. The van der Waals surface area contributed by atoms with Gasteiger partial charge in [-0.1, -0.05) is 19.4 Å². The number of allylic oxidation sites excluding steroid dienone is 1. The molecular formula is C10H20N2O. The molecule has 3 heteroatoms. The molecule has 0 atom stereocenters. The molecule has 0 spiro atoms. The van der Waals surface area contributed by atoms with Gasteiger partial charge in [0.2, 0.25) is 5.91 Å². The smallest absolute Gasteiger partial charge is 0.234 e. The van der Waals surface area contributed by atoms with Crippen molar-refractivity contribution in [1.29, 1.82) is 0 Å². The highest BCUT2D eigenvalue weighted by atomic mass is 16.2. The Labute approximate surface area is 80.6 Å². The molecule has 0 unspecified atom stereocenters. The first-order chi connectivity index (χ1) is 6.31. The summed E-state index contributed by atoms with van der Waals surface area (Å²) < 4.78 is 0. The summed E-state index contributed by atoms with van der Waals surface area (Å²) in [5.74, 6) is 0.0838. The molecule has 0 heterocycles. The summed E-state index contributed by atoms with van der Waals surface area (Å²) in [4.78, 5) is 11.0. The van der Waals surface area contributed by atoms with Crippen LogP contribution < -0.4 is 10.9 Å². The maximum absolute atomic E-state index is 11.0. The van der Waals surface area contributed by atoms with Gasteiger partial charge in [0, 0.05) is 13.0 Å². The highest BCUT2D eigenvalue weighted by Gasteiger charge is 1.97. The molecule has 0 aromatic heterocycles. The van der Waals surface area contributed by atoms with Crippen LogP contribution in [0.1, 0.15) is 39.0 Å². The maximum Gasteiger partial charge on any atom is 0.234 e. The van der Waals surface area contributed by atoms with Crippen LogP contribution in [0.2, 0.25) is 0 Å². The number of nitrogens with one attached hydrogen (secondary N) is 2. The van der Waals surface area contributed by atoms with Crippen molar-refractivity contribution in [3.05, 3.63) is 12.7 Å². The Morgan fingerprint density at radius 1 is 1.46 bits per heavy atom. The first-order valence-corrected chi connectivity index (χ1v) is 4.93. The fourth-order valence-corrected chi connectivity index (χ4v) is 0.896. The first kappa shape index (κ1) is 12.2. The fraction of sp³-hybridized carbons (Fsp3) is 0.700. The number of amides is 1. The normalized spacial score (nSPS) is 9.62. The summed E-state index contributed by atoms with van der Waals surface area (Å²) in [5.41, 5.74) is 5.53. The molecule has 0 fully saturated rings. The number of hydrazine groups is 1. The zero-order valence-electron chi connectivity index (χ0n) is 8.44. The van der Waals surface area contributed by atoms with Crippen molar-refractivity contribution in [2.75, 3.05) is 6.54 Å². The summed E-state index contributed by atoms with van der Waals surface area (Å²) in [6.07, 6.45) is 6.50. The van der Waals surface area contributed by atoms with Gasteiger partial charge in [0.05, 0.1) is 0 Å². The average Bonchev–Trinajstić information content (AvgIpc) is 2.14. The summed E-state index contributed by atoms with van der Waals surface area (Å²) in [7, 11) is 0. The van der Waals surface area contributed by atoms with Crippen LogP contribution >= 0.6 is 0 Å². The van der Waals surface area contributed by atoms with Gasteiger partial charge in [-0.15, -0.1) is 6.58 Å². The summed E-state index contributed by atoms with van der Waals surface area (Å²) in [6.45, 7) is 6.50. The molecule has 0 aromatic carbocycles. The van der Waals surface area contributed by atoms with Crippen molar-refractivity contribution < 1.29 is 4.79 Å². The van der Waals surface area contributed by atoms with Gasteiger partial charge in [0.25, 0.3) is 0 Å². The van der Waals surface area contributed by atoms with Gasteiger partial charge in [-0.3, -0.25) is 10.2 Å². The van der Waals surface area contributed by atoms with Crippen LogP contribution in [0.15, 0.2) is 12.7 Å². The Kier molecular flexibility index (Phi) is 8.67. The molecule has 0 aromatic rings. The molecule has 0 bridgehead atoms. The minimum atomic E-state index is 0.0838.